The van der Waals surface area contributed by atoms with Crippen LogP contribution in [0.3, 0.4) is 0 Å². The molecule has 0 bridgehead atoms. The normalized spacial score (nSPS) is 21.3. The van der Waals surface area contributed by atoms with Crippen molar-refractivity contribution in [2.45, 2.75) is 69.8 Å². The van der Waals surface area contributed by atoms with E-state index in [1.807, 2.05) is 13.8 Å². The second-order valence-electron chi connectivity index (χ2n) is 10.9. The molecule has 4 rings (SSSR count). The number of alkyl halides is 3. The van der Waals surface area contributed by atoms with Gasteiger partial charge in [0.2, 0.25) is 17.7 Å². The topological polar surface area (TPSA) is 87.2 Å². The third kappa shape index (κ3) is 5.81. The molecule has 2 atom stereocenters. The Kier molecular flexibility index (Phi) is 8.09. The minimum Gasteiger partial charge on any atom is -0.464 e. The molecule has 1 aromatic rings. The van der Waals surface area contributed by atoms with Gasteiger partial charge in [-0.15, -0.1) is 0 Å². The molecule has 8 nitrogen and oxygen atoms in total. The standard InChI is InChI=1S/C28H34F3N3O5/c1-4-23(35)34-14-13-33(26(38)27(34)10-11-27)22(16-19-7-5-8-20(15-19)28(29,30)31)24(36)32-12-6-9-21(32)25(37)39-17-18(2)3/h4-5,7-8,15,18,21-22H,1,6,9-14,16-17H2,2-3H3/t21-,22-/m0/s1. The third-order valence-electron chi connectivity index (χ3n) is 7.62. The van der Waals surface area contributed by atoms with Gasteiger partial charge in [-0.1, -0.05) is 38.6 Å². The number of hydrogen-bond donors (Lipinski definition) is 0. The molecule has 2 saturated heterocycles. The smallest absolute Gasteiger partial charge is 0.416 e. The number of nitrogens with zero attached hydrogens (tertiary/aromatic N) is 3. The summed E-state index contributed by atoms with van der Waals surface area (Å²) in [6.45, 7) is 7.97. The highest BCUT2D eigenvalue weighted by atomic mass is 19.4. The van der Waals surface area contributed by atoms with Gasteiger partial charge >= 0.3 is 12.1 Å². The molecule has 3 aliphatic rings. The quantitative estimate of drug-likeness (QED) is 0.367. The molecule has 1 aromatic carbocycles. The summed E-state index contributed by atoms with van der Waals surface area (Å²) in [5.74, 6) is -1.72. The van der Waals surface area contributed by atoms with Crippen LogP contribution >= 0.6 is 0 Å². The number of carbonyl (C=O) groups is 4. The summed E-state index contributed by atoms with van der Waals surface area (Å²) in [5, 5.41) is 0. The van der Waals surface area contributed by atoms with Crippen LogP contribution in [0.4, 0.5) is 13.2 Å². The molecule has 0 aromatic heterocycles. The Labute approximate surface area is 225 Å². The highest BCUT2D eigenvalue weighted by molar-refractivity contribution is 6.00. The fourth-order valence-corrected chi connectivity index (χ4v) is 5.48. The predicted octanol–water partition coefficient (Wildman–Crippen LogP) is 3.20. The average molecular weight is 550 g/mol. The van der Waals surface area contributed by atoms with Crippen molar-refractivity contribution < 1.29 is 37.1 Å². The Morgan fingerprint density at radius 2 is 1.90 bits per heavy atom. The van der Waals surface area contributed by atoms with Crippen LogP contribution in [0.15, 0.2) is 36.9 Å². The van der Waals surface area contributed by atoms with Gasteiger partial charge in [0.25, 0.3) is 0 Å². The van der Waals surface area contributed by atoms with E-state index in [1.54, 1.807) is 0 Å². The van der Waals surface area contributed by atoms with Crippen molar-refractivity contribution in [1.82, 2.24) is 14.7 Å². The summed E-state index contributed by atoms with van der Waals surface area (Å²) in [6, 6.07) is 2.72. The van der Waals surface area contributed by atoms with Gasteiger partial charge in [0.05, 0.1) is 12.2 Å². The van der Waals surface area contributed by atoms with Crippen LogP contribution in [-0.4, -0.2) is 82.3 Å². The molecular weight excluding hydrogens is 515 g/mol. The number of esters is 1. The molecule has 212 valence electrons. The highest BCUT2D eigenvalue weighted by Gasteiger charge is 2.61. The molecule has 3 amide bonds. The molecule has 3 fully saturated rings. The lowest BCUT2D eigenvalue weighted by Gasteiger charge is -2.44. The fourth-order valence-electron chi connectivity index (χ4n) is 5.48. The lowest BCUT2D eigenvalue weighted by molar-refractivity contribution is -0.161. The lowest BCUT2D eigenvalue weighted by Crippen LogP contribution is -2.65. The molecule has 39 heavy (non-hydrogen) atoms. The summed E-state index contributed by atoms with van der Waals surface area (Å²) in [7, 11) is 0. The zero-order valence-electron chi connectivity index (χ0n) is 22.2. The molecule has 1 saturated carbocycles. The van der Waals surface area contributed by atoms with E-state index >= 15 is 0 Å². The Bertz CT molecular complexity index is 1150. The van der Waals surface area contributed by atoms with Crippen LogP contribution in [-0.2, 0) is 36.5 Å². The van der Waals surface area contributed by atoms with Crippen molar-refractivity contribution in [3.63, 3.8) is 0 Å². The number of ether oxygens (including phenoxy) is 1. The molecule has 1 aliphatic carbocycles. The number of piperazine rings is 1. The van der Waals surface area contributed by atoms with Gasteiger partial charge in [0, 0.05) is 26.1 Å². The van der Waals surface area contributed by atoms with Crippen LogP contribution in [0.5, 0.6) is 0 Å². The molecule has 11 heteroatoms. The summed E-state index contributed by atoms with van der Waals surface area (Å²) in [6.07, 6.45) is -1.77. The number of halogens is 3. The SMILES string of the molecule is C=CC(=O)N1CCN([C@@H](Cc2cccc(C(F)(F)F)c2)C(=O)N2CCC[C@H]2C(=O)OCC(C)C)C(=O)C12CC2. The third-order valence-corrected chi connectivity index (χ3v) is 7.62. The number of benzene rings is 1. The molecule has 1 spiro atoms. The maximum atomic E-state index is 14.0. The second-order valence-corrected chi connectivity index (χ2v) is 10.9. The van der Waals surface area contributed by atoms with Gasteiger partial charge in [-0.2, -0.15) is 13.2 Å². The minimum absolute atomic E-state index is 0.0336. The van der Waals surface area contributed by atoms with Gasteiger partial charge in [-0.25, -0.2) is 4.79 Å². The van der Waals surface area contributed by atoms with E-state index in [1.165, 1.54) is 26.8 Å². The zero-order valence-corrected chi connectivity index (χ0v) is 22.2. The van der Waals surface area contributed by atoms with E-state index in [2.05, 4.69) is 6.58 Å². The zero-order chi connectivity index (χ0) is 28.5. The van der Waals surface area contributed by atoms with Crippen LogP contribution in [0.1, 0.15) is 50.7 Å². The number of carbonyl (C=O) groups excluding carboxylic acids is 4. The second kappa shape index (κ2) is 11.0. The fraction of sp³-hybridized carbons (Fsp3) is 0.571. The van der Waals surface area contributed by atoms with Crippen molar-refractivity contribution in [1.29, 1.82) is 0 Å². The summed E-state index contributed by atoms with van der Waals surface area (Å²) >= 11 is 0. The van der Waals surface area contributed by atoms with Gasteiger partial charge < -0.3 is 19.4 Å². The van der Waals surface area contributed by atoms with Crippen LogP contribution < -0.4 is 0 Å². The summed E-state index contributed by atoms with van der Waals surface area (Å²) in [5.41, 5.74) is -1.69. The van der Waals surface area contributed by atoms with Crippen molar-refractivity contribution >= 4 is 23.7 Å². The molecule has 0 radical (unpaired) electrons. The van der Waals surface area contributed by atoms with Crippen molar-refractivity contribution in [2.24, 2.45) is 5.92 Å². The predicted molar refractivity (Wildman–Crippen MR) is 135 cm³/mol. The first-order valence-corrected chi connectivity index (χ1v) is 13.3. The first-order valence-electron chi connectivity index (χ1n) is 13.3. The van der Waals surface area contributed by atoms with Crippen molar-refractivity contribution in [3.05, 3.63) is 48.0 Å². The van der Waals surface area contributed by atoms with E-state index in [0.29, 0.717) is 25.7 Å². The number of likely N-dealkylation sites (tertiary alicyclic amines) is 1. The van der Waals surface area contributed by atoms with Crippen LogP contribution in [0.2, 0.25) is 0 Å². The number of hydrogen-bond acceptors (Lipinski definition) is 5. The lowest BCUT2D eigenvalue weighted by atomic mass is 9.98. The van der Waals surface area contributed by atoms with Crippen molar-refractivity contribution in [3.8, 4) is 0 Å². The van der Waals surface area contributed by atoms with E-state index < -0.39 is 47.1 Å². The maximum absolute atomic E-state index is 14.0. The van der Waals surface area contributed by atoms with Gasteiger partial charge in [0.1, 0.15) is 17.6 Å². The molecular formula is C28H34F3N3O5. The first kappa shape index (κ1) is 28.6. The van der Waals surface area contributed by atoms with E-state index in [0.717, 1.165) is 18.2 Å². The Morgan fingerprint density at radius 3 is 2.51 bits per heavy atom. The van der Waals surface area contributed by atoms with E-state index in [9.17, 15) is 32.3 Å². The highest BCUT2D eigenvalue weighted by Crippen LogP contribution is 2.46. The molecule has 0 N–H and O–H groups in total. The Balaban J connectivity index is 1.65. The number of amides is 3. The summed E-state index contributed by atoms with van der Waals surface area (Å²) < 4.78 is 45.7. The van der Waals surface area contributed by atoms with Crippen molar-refractivity contribution in [2.75, 3.05) is 26.2 Å². The first-order chi connectivity index (χ1) is 18.4. The molecule has 2 heterocycles. The molecule has 2 aliphatic heterocycles. The number of rotatable bonds is 8. The average Bonchev–Trinajstić information content (AvgIpc) is 3.52. The van der Waals surface area contributed by atoms with E-state index in [-0.39, 0.29) is 50.1 Å². The van der Waals surface area contributed by atoms with Gasteiger partial charge in [-0.3, -0.25) is 14.4 Å². The Hall–Kier alpha value is -3.37. The maximum Gasteiger partial charge on any atom is 0.416 e. The largest absolute Gasteiger partial charge is 0.464 e. The Morgan fingerprint density at radius 1 is 1.18 bits per heavy atom. The van der Waals surface area contributed by atoms with Gasteiger partial charge in [-0.05, 0) is 49.3 Å². The van der Waals surface area contributed by atoms with Crippen LogP contribution in [0, 0.1) is 5.92 Å². The van der Waals surface area contributed by atoms with Crippen LogP contribution in [0.25, 0.3) is 0 Å². The van der Waals surface area contributed by atoms with Gasteiger partial charge in [0.15, 0.2) is 0 Å². The minimum atomic E-state index is -4.57. The summed E-state index contributed by atoms with van der Waals surface area (Å²) in [4.78, 5) is 57.3. The monoisotopic (exact) mass is 549 g/mol. The molecule has 0 unspecified atom stereocenters. The van der Waals surface area contributed by atoms with E-state index in [4.69, 9.17) is 4.74 Å².